The number of furan rings is 1. The lowest BCUT2D eigenvalue weighted by Crippen LogP contribution is -2.08. The van der Waals surface area contributed by atoms with Crippen LogP contribution >= 0.6 is 11.3 Å². The zero-order valence-corrected chi connectivity index (χ0v) is 21.4. The van der Waals surface area contributed by atoms with Crippen molar-refractivity contribution < 1.29 is 18.7 Å². The number of carbonyl (C=O) groups excluding carboxylic acids is 1. The van der Waals surface area contributed by atoms with E-state index < -0.39 is 0 Å². The van der Waals surface area contributed by atoms with Gasteiger partial charge in [0.25, 0.3) is 0 Å². The third kappa shape index (κ3) is 4.57. The van der Waals surface area contributed by atoms with Gasteiger partial charge in [0, 0.05) is 39.9 Å². The van der Waals surface area contributed by atoms with Crippen LogP contribution in [0, 0.1) is 6.92 Å². The number of rotatable bonds is 7. The number of hydrogen-bond acceptors (Lipinski definition) is 6. The average molecular weight is 499 g/mol. The van der Waals surface area contributed by atoms with Gasteiger partial charge in [-0.2, -0.15) is 0 Å². The van der Waals surface area contributed by atoms with Crippen molar-refractivity contribution in [1.29, 1.82) is 0 Å². The Morgan fingerprint density at radius 2 is 1.94 bits per heavy atom. The van der Waals surface area contributed by atoms with Crippen molar-refractivity contribution in [3.05, 3.63) is 77.5 Å². The number of methoxy groups -OCH3 is 1. The van der Waals surface area contributed by atoms with Gasteiger partial charge < -0.3 is 19.2 Å². The summed E-state index contributed by atoms with van der Waals surface area (Å²) in [4.78, 5) is 17.4. The third-order valence-electron chi connectivity index (χ3n) is 5.91. The Bertz CT molecular complexity index is 1610. The molecule has 0 saturated carbocycles. The number of benzene rings is 3. The number of ether oxygens (including phenoxy) is 2. The van der Waals surface area contributed by atoms with Gasteiger partial charge in [0.2, 0.25) is 5.91 Å². The molecular formula is C29H26N2O4S. The number of allylic oxidation sites excluding steroid dienone is 1. The van der Waals surface area contributed by atoms with Gasteiger partial charge in [0.1, 0.15) is 17.1 Å². The number of nitrogens with one attached hydrogen (secondary N) is 1. The summed E-state index contributed by atoms with van der Waals surface area (Å²) in [5, 5.41) is 4.86. The van der Waals surface area contributed by atoms with Crippen LogP contribution in [0.4, 0.5) is 5.69 Å². The lowest BCUT2D eigenvalue weighted by atomic mass is 9.98. The van der Waals surface area contributed by atoms with Gasteiger partial charge in [-0.05, 0) is 56.7 Å². The van der Waals surface area contributed by atoms with E-state index in [-0.39, 0.29) is 5.91 Å². The lowest BCUT2D eigenvalue weighted by Gasteiger charge is -2.12. The largest absolute Gasteiger partial charge is 0.496 e. The Labute approximate surface area is 213 Å². The molecule has 1 N–H and O–H groups in total. The summed E-state index contributed by atoms with van der Waals surface area (Å²) in [7, 11) is 1.65. The molecule has 0 radical (unpaired) electrons. The van der Waals surface area contributed by atoms with Gasteiger partial charge in [-0.25, -0.2) is 4.98 Å². The highest BCUT2D eigenvalue weighted by molar-refractivity contribution is 7.18. The molecule has 5 aromatic rings. The molecule has 36 heavy (non-hydrogen) atoms. The van der Waals surface area contributed by atoms with Crippen LogP contribution in [0.15, 0.2) is 71.4 Å². The van der Waals surface area contributed by atoms with Crippen molar-refractivity contribution in [2.45, 2.75) is 20.8 Å². The number of hydrogen-bond donors (Lipinski definition) is 1. The van der Waals surface area contributed by atoms with E-state index in [9.17, 15) is 4.79 Å². The van der Waals surface area contributed by atoms with Crippen LogP contribution in [0.1, 0.15) is 24.4 Å². The van der Waals surface area contributed by atoms with Crippen LogP contribution in [0.25, 0.3) is 37.9 Å². The van der Waals surface area contributed by atoms with Crippen molar-refractivity contribution in [2.75, 3.05) is 19.0 Å². The number of aromatic nitrogens is 1. The summed E-state index contributed by atoms with van der Waals surface area (Å²) in [6, 6.07) is 17.5. The zero-order valence-electron chi connectivity index (χ0n) is 20.5. The standard InChI is InChI=1S/C29H26N2O4S/c1-5-34-26-15-27-22(23(16-35-27)20-8-6-7-9-25(20)33-4)14-21(26)17(2)12-29(32)31-19-10-11-28-24(13-19)30-18(3)36-28/h6-16H,5H2,1-4H3,(H,31,32)/b17-12+. The highest BCUT2D eigenvalue weighted by atomic mass is 32.1. The highest BCUT2D eigenvalue weighted by Gasteiger charge is 2.17. The summed E-state index contributed by atoms with van der Waals surface area (Å²) in [5.74, 6) is 1.19. The Balaban J connectivity index is 1.51. The predicted octanol–water partition coefficient (Wildman–Crippen LogP) is 7.47. The van der Waals surface area contributed by atoms with E-state index in [4.69, 9.17) is 13.9 Å². The number of anilines is 1. The number of thiazole rings is 1. The van der Waals surface area contributed by atoms with Crippen LogP contribution in [-0.2, 0) is 4.79 Å². The van der Waals surface area contributed by atoms with Crippen LogP contribution in [-0.4, -0.2) is 24.6 Å². The van der Waals surface area contributed by atoms with Gasteiger partial charge in [-0.1, -0.05) is 18.2 Å². The predicted molar refractivity (Wildman–Crippen MR) is 146 cm³/mol. The van der Waals surface area contributed by atoms with E-state index >= 15 is 0 Å². The van der Waals surface area contributed by atoms with E-state index in [1.165, 1.54) is 0 Å². The molecule has 5 rings (SSSR count). The van der Waals surface area contributed by atoms with E-state index in [0.29, 0.717) is 23.6 Å². The van der Waals surface area contributed by atoms with E-state index in [1.807, 2.05) is 75.4 Å². The molecule has 1 amide bonds. The normalized spacial score (nSPS) is 11.7. The van der Waals surface area contributed by atoms with Crippen molar-refractivity contribution in [2.24, 2.45) is 0 Å². The maximum atomic E-state index is 12.9. The molecule has 0 spiro atoms. The third-order valence-corrected chi connectivity index (χ3v) is 6.86. The molecule has 182 valence electrons. The minimum atomic E-state index is -0.224. The topological polar surface area (TPSA) is 73.6 Å². The van der Waals surface area contributed by atoms with Crippen LogP contribution in [0.5, 0.6) is 11.5 Å². The van der Waals surface area contributed by atoms with E-state index in [1.54, 1.807) is 30.8 Å². The molecule has 0 aliphatic rings. The Morgan fingerprint density at radius 3 is 2.75 bits per heavy atom. The monoisotopic (exact) mass is 498 g/mol. The first-order valence-corrected chi connectivity index (χ1v) is 12.5. The molecule has 2 aromatic heterocycles. The number of para-hydroxylation sites is 1. The number of nitrogens with zero attached hydrogens (tertiary/aromatic N) is 1. The first kappa shape index (κ1) is 23.6. The Hall–Kier alpha value is -4.10. The van der Waals surface area contributed by atoms with Gasteiger partial charge in [-0.3, -0.25) is 4.79 Å². The average Bonchev–Trinajstić information content (AvgIpc) is 3.45. The summed E-state index contributed by atoms with van der Waals surface area (Å²) in [6.45, 7) is 6.30. The second kappa shape index (κ2) is 9.87. The molecule has 6 nitrogen and oxygen atoms in total. The molecule has 0 aliphatic heterocycles. The van der Waals surface area contributed by atoms with E-state index in [2.05, 4.69) is 10.3 Å². The van der Waals surface area contributed by atoms with Crippen molar-refractivity contribution in [3.63, 3.8) is 0 Å². The quantitative estimate of drug-likeness (QED) is 0.236. The van der Waals surface area contributed by atoms with Crippen molar-refractivity contribution >= 4 is 49.7 Å². The molecule has 7 heteroatoms. The summed E-state index contributed by atoms with van der Waals surface area (Å²) < 4.78 is 18.5. The molecular weight excluding hydrogens is 472 g/mol. The second-order valence-electron chi connectivity index (χ2n) is 8.36. The smallest absolute Gasteiger partial charge is 0.248 e. The molecule has 0 fully saturated rings. The second-order valence-corrected chi connectivity index (χ2v) is 9.59. The minimum Gasteiger partial charge on any atom is -0.496 e. The number of amides is 1. The number of carbonyl (C=O) groups is 1. The van der Waals surface area contributed by atoms with Crippen molar-refractivity contribution in [3.8, 4) is 22.6 Å². The molecule has 0 bridgehead atoms. The number of fused-ring (bicyclic) bond motifs is 2. The highest BCUT2D eigenvalue weighted by Crippen LogP contribution is 2.40. The summed E-state index contributed by atoms with van der Waals surface area (Å²) in [6.07, 6.45) is 3.31. The molecule has 3 aromatic carbocycles. The first-order chi connectivity index (χ1) is 17.5. The Morgan fingerprint density at radius 1 is 1.11 bits per heavy atom. The zero-order chi connectivity index (χ0) is 25.2. The SMILES string of the molecule is CCOc1cc2occ(-c3ccccc3OC)c2cc1/C(C)=C/C(=O)Nc1ccc2sc(C)nc2c1. The fourth-order valence-corrected chi connectivity index (χ4v) is 5.09. The van der Waals surface area contributed by atoms with Gasteiger partial charge in [-0.15, -0.1) is 11.3 Å². The fraction of sp³-hybridized carbons (Fsp3) is 0.172. The van der Waals surface area contributed by atoms with Gasteiger partial charge in [0.05, 0.1) is 35.2 Å². The summed E-state index contributed by atoms with van der Waals surface area (Å²) in [5.41, 5.74) is 5.72. The minimum absolute atomic E-state index is 0.224. The Kier molecular flexibility index (Phi) is 6.48. The van der Waals surface area contributed by atoms with Crippen LogP contribution in [0.3, 0.4) is 0 Å². The molecule has 0 unspecified atom stereocenters. The molecule has 0 aliphatic carbocycles. The lowest BCUT2D eigenvalue weighted by molar-refractivity contribution is -0.111. The van der Waals surface area contributed by atoms with Crippen LogP contribution in [0.2, 0.25) is 0 Å². The molecule has 0 saturated heterocycles. The maximum absolute atomic E-state index is 12.9. The van der Waals surface area contributed by atoms with Crippen molar-refractivity contribution in [1.82, 2.24) is 4.98 Å². The maximum Gasteiger partial charge on any atom is 0.248 e. The summed E-state index contributed by atoms with van der Waals surface area (Å²) >= 11 is 1.63. The number of aryl methyl sites for hydroxylation is 1. The fourth-order valence-electron chi connectivity index (χ4n) is 4.29. The molecule has 2 heterocycles. The van der Waals surface area contributed by atoms with Gasteiger partial charge in [0.15, 0.2) is 0 Å². The van der Waals surface area contributed by atoms with E-state index in [0.717, 1.165) is 48.6 Å². The van der Waals surface area contributed by atoms with Gasteiger partial charge >= 0.3 is 0 Å². The first-order valence-electron chi connectivity index (χ1n) is 11.6. The van der Waals surface area contributed by atoms with Crippen LogP contribution < -0.4 is 14.8 Å². The molecule has 0 atom stereocenters.